The van der Waals surface area contributed by atoms with Gasteiger partial charge >= 0.3 is 17.9 Å². The monoisotopic (exact) mass is 957 g/mol. The van der Waals surface area contributed by atoms with E-state index in [0.29, 0.717) is 12.8 Å². The second-order valence-electron chi connectivity index (χ2n) is 20.0. The summed E-state index contributed by atoms with van der Waals surface area (Å²) >= 11 is 0. The van der Waals surface area contributed by atoms with Crippen LogP contribution < -0.4 is 0 Å². The highest BCUT2D eigenvalue weighted by atomic mass is 16.6. The van der Waals surface area contributed by atoms with Crippen molar-refractivity contribution in [3.8, 4) is 0 Å². The Hall–Kier alpha value is -2.45. The summed E-state index contributed by atoms with van der Waals surface area (Å²) in [6.45, 7) is 6.30. The molecule has 0 aromatic heterocycles. The normalized spacial score (nSPS) is 16.7. The van der Waals surface area contributed by atoms with Crippen LogP contribution in [0.25, 0.3) is 0 Å². The summed E-state index contributed by atoms with van der Waals surface area (Å²) in [4.78, 5) is 39.3. The molecule has 0 saturated carbocycles. The van der Waals surface area contributed by atoms with Crippen LogP contribution in [-0.4, -0.2) is 60.6 Å². The predicted molar refractivity (Wildman–Crippen MR) is 285 cm³/mol. The van der Waals surface area contributed by atoms with Crippen molar-refractivity contribution in [1.82, 2.24) is 0 Å². The van der Waals surface area contributed by atoms with Gasteiger partial charge in [0.1, 0.15) is 6.10 Å². The summed E-state index contributed by atoms with van der Waals surface area (Å²) < 4.78 is 23.6. The van der Waals surface area contributed by atoms with Crippen molar-refractivity contribution >= 4 is 17.9 Å². The number of carbonyl (C=O) groups is 3. The molecule has 1 aliphatic heterocycles. The third kappa shape index (κ3) is 39.3. The maximum absolute atomic E-state index is 13.2. The Morgan fingerprint density at radius 1 is 0.426 bits per heavy atom. The standard InChI is InChI=1S/C60H108O8/c1-4-7-10-13-16-19-22-25-28-31-34-37-40-43-46-49-56(62)66-54(52-61)59-60(68-58(64)51-48-45-42-39-36-33-30-27-24-21-18-15-12-9-6-3)55(53-65-59)67-57(63)50-47-44-41-38-35-32-29-26-23-20-17-14-11-8-5-2/h25-30,54-55,59-61H,4-24,31-53H2,1-3H3/b28-25-,29-26-,30-27-. The summed E-state index contributed by atoms with van der Waals surface area (Å²) in [5.74, 6) is -1.15. The number of aliphatic hydroxyl groups is 1. The van der Waals surface area contributed by atoms with Crippen molar-refractivity contribution in [2.24, 2.45) is 0 Å². The summed E-state index contributed by atoms with van der Waals surface area (Å²) in [5, 5.41) is 10.4. The van der Waals surface area contributed by atoms with Crippen LogP contribution in [0.15, 0.2) is 36.5 Å². The van der Waals surface area contributed by atoms with Crippen LogP contribution in [-0.2, 0) is 33.3 Å². The SMILES string of the molecule is CCCCCCCC/C=C\CCCCCCCC(=O)OC(CO)C1OCC(OC(=O)CCCCCCC/C=C\CCCCCCCC)C1OC(=O)CCCCCCC/C=C\CCCCCCCC. The number of rotatable bonds is 50. The number of esters is 3. The fourth-order valence-corrected chi connectivity index (χ4v) is 9.06. The van der Waals surface area contributed by atoms with E-state index >= 15 is 0 Å². The third-order valence-electron chi connectivity index (χ3n) is 13.5. The molecule has 8 heteroatoms. The number of hydrogen-bond acceptors (Lipinski definition) is 8. The molecule has 0 amide bonds. The van der Waals surface area contributed by atoms with E-state index in [1.54, 1.807) is 0 Å². The molecule has 0 aromatic rings. The molecule has 1 saturated heterocycles. The zero-order valence-electron chi connectivity index (χ0n) is 44.7. The van der Waals surface area contributed by atoms with Gasteiger partial charge in [-0.1, -0.05) is 211 Å². The van der Waals surface area contributed by atoms with E-state index in [1.165, 1.54) is 135 Å². The molecule has 0 spiro atoms. The Bertz CT molecular complexity index is 1230. The average molecular weight is 958 g/mol. The minimum absolute atomic E-state index is 0.0103. The molecule has 1 N–H and O–H groups in total. The van der Waals surface area contributed by atoms with Gasteiger partial charge in [-0.25, -0.2) is 0 Å². The molecule has 0 radical (unpaired) electrons. The van der Waals surface area contributed by atoms with E-state index < -0.39 is 43.0 Å². The molecule has 1 fully saturated rings. The van der Waals surface area contributed by atoms with Gasteiger partial charge in [-0.3, -0.25) is 14.4 Å². The van der Waals surface area contributed by atoms with Gasteiger partial charge in [0.25, 0.3) is 0 Å². The van der Waals surface area contributed by atoms with Crippen molar-refractivity contribution in [2.75, 3.05) is 13.2 Å². The summed E-state index contributed by atoms with van der Waals surface area (Å²) in [5.41, 5.74) is 0. The Labute approximate surface area is 419 Å². The van der Waals surface area contributed by atoms with E-state index in [1.807, 2.05) is 0 Å². The number of aliphatic hydroxyl groups excluding tert-OH is 1. The average Bonchev–Trinajstić information content (AvgIpc) is 3.72. The number of hydrogen-bond donors (Lipinski definition) is 1. The second kappa shape index (κ2) is 49.5. The van der Waals surface area contributed by atoms with Crippen LogP contribution in [0.4, 0.5) is 0 Å². The fraction of sp³-hybridized carbons (Fsp3) is 0.850. The fourth-order valence-electron chi connectivity index (χ4n) is 9.06. The number of unbranched alkanes of at least 4 members (excludes halogenated alkanes) is 33. The molecule has 396 valence electrons. The van der Waals surface area contributed by atoms with Crippen LogP contribution in [0.3, 0.4) is 0 Å². The van der Waals surface area contributed by atoms with E-state index in [4.69, 9.17) is 18.9 Å². The van der Waals surface area contributed by atoms with Crippen LogP contribution in [0, 0.1) is 0 Å². The molecule has 0 aliphatic carbocycles. The minimum atomic E-state index is -1.03. The van der Waals surface area contributed by atoms with Gasteiger partial charge in [-0.05, 0) is 96.3 Å². The second-order valence-corrected chi connectivity index (χ2v) is 20.0. The molecule has 1 heterocycles. The predicted octanol–water partition coefficient (Wildman–Crippen LogP) is 17.2. The van der Waals surface area contributed by atoms with Gasteiger partial charge < -0.3 is 24.1 Å². The van der Waals surface area contributed by atoms with Crippen molar-refractivity contribution < 1.29 is 38.4 Å². The van der Waals surface area contributed by atoms with Gasteiger partial charge in [0, 0.05) is 19.3 Å². The maximum atomic E-state index is 13.2. The Morgan fingerprint density at radius 3 is 1.06 bits per heavy atom. The van der Waals surface area contributed by atoms with E-state index in [9.17, 15) is 19.5 Å². The lowest BCUT2D eigenvalue weighted by atomic mass is 10.1. The third-order valence-corrected chi connectivity index (χ3v) is 13.5. The lowest BCUT2D eigenvalue weighted by Gasteiger charge is -2.28. The molecule has 4 unspecified atom stereocenters. The van der Waals surface area contributed by atoms with Crippen LogP contribution >= 0.6 is 0 Å². The zero-order valence-corrected chi connectivity index (χ0v) is 44.7. The molecule has 4 atom stereocenters. The van der Waals surface area contributed by atoms with Crippen LogP contribution in [0.1, 0.15) is 290 Å². The first-order valence-electron chi connectivity index (χ1n) is 29.2. The lowest BCUT2D eigenvalue weighted by molar-refractivity contribution is -0.175. The van der Waals surface area contributed by atoms with Gasteiger partial charge in [-0.15, -0.1) is 0 Å². The summed E-state index contributed by atoms with van der Waals surface area (Å²) in [7, 11) is 0. The lowest BCUT2D eigenvalue weighted by Crippen LogP contribution is -2.46. The first-order valence-corrected chi connectivity index (χ1v) is 29.2. The Balaban J connectivity index is 2.51. The van der Waals surface area contributed by atoms with Crippen LogP contribution in [0.2, 0.25) is 0 Å². The maximum Gasteiger partial charge on any atom is 0.306 e. The van der Waals surface area contributed by atoms with Crippen molar-refractivity contribution in [3.05, 3.63) is 36.5 Å². The number of allylic oxidation sites excluding steroid dienone is 6. The topological polar surface area (TPSA) is 108 Å². The quantitative estimate of drug-likeness (QED) is 0.0278. The minimum Gasteiger partial charge on any atom is -0.457 e. The molecule has 1 rings (SSSR count). The van der Waals surface area contributed by atoms with Crippen molar-refractivity contribution in [3.63, 3.8) is 0 Å². The van der Waals surface area contributed by atoms with Gasteiger partial charge in [0.2, 0.25) is 0 Å². The molecule has 8 nitrogen and oxygen atoms in total. The van der Waals surface area contributed by atoms with E-state index in [0.717, 1.165) is 103 Å². The van der Waals surface area contributed by atoms with Gasteiger partial charge in [0.05, 0.1) is 13.2 Å². The van der Waals surface area contributed by atoms with Crippen LogP contribution in [0.5, 0.6) is 0 Å². The van der Waals surface area contributed by atoms with E-state index in [-0.39, 0.29) is 31.8 Å². The summed E-state index contributed by atoms with van der Waals surface area (Å²) in [6, 6.07) is 0. The molecule has 0 bridgehead atoms. The highest BCUT2D eigenvalue weighted by Crippen LogP contribution is 2.27. The number of carbonyl (C=O) groups excluding carboxylic acids is 3. The first-order chi connectivity index (χ1) is 33.5. The Kier molecular flexibility index (Phi) is 46.3. The van der Waals surface area contributed by atoms with E-state index in [2.05, 4.69) is 57.2 Å². The molecule has 68 heavy (non-hydrogen) atoms. The van der Waals surface area contributed by atoms with Gasteiger partial charge in [0.15, 0.2) is 18.3 Å². The Morgan fingerprint density at radius 2 is 0.721 bits per heavy atom. The smallest absolute Gasteiger partial charge is 0.306 e. The van der Waals surface area contributed by atoms with Crippen molar-refractivity contribution in [1.29, 1.82) is 0 Å². The first kappa shape index (κ1) is 63.6. The molecule has 0 aromatic carbocycles. The zero-order chi connectivity index (χ0) is 49.2. The number of ether oxygens (including phenoxy) is 4. The van der Waals surface area contributed by atoms with Crippen molar-refractivity contribution in [2.45, 2.75) is 315 Å². The molecular formula is C60H108O8. The summed E-state index contributed by atoms with van der Waals surface area (Å²) in [6.07, 6.45) is 56.9. The molecule has 1 aliphatic rings. The largest absolute Gasteiger partial charge is 0.457 e. The van der Waals surface area contributed by atoms with Gasteiger partial charge in [-0.2, -0.15) is 0 Å². The molecular weight excluding hydrogens is 849 g/mol. The highest BCUT2D eigenvalue weighted by molar-refractivity contribution is 5.71. The highest BCUT2D eigenvalue weighted by Gasteiger charge is 2.47.